The van der Waals surface area contributed by atoms with E-state index in [9.17, 15) is 0 Å². The smallest absolute Gasteiger partial charge is 0.166 e. The molecular formula is C15H12N2O. The fourth-order valence-corrected chi connectivity index (χ4v) is 1.74. The monoisotopic (exact) mass is 236 g/mol. The van der Waals surface area contributed by atoms with Crippen molar-refractivity contribution in [3.8, 4) is 5.75 Å². The zero-order chi connectivity index (χ0) is 12.2. The number of hydrogen-bond donors (Lipinski definition) is 0. The molecule has 0 atom stereocenters. The summed E-state index contributed by atoms with van der Waals surface area (Å²) in [7, 11) is 0. The number of aromatic nitrogens is 2. The van der Waals surface area contributed by atoms with Crippen LogP contribution >= 0.6 is 0 Å². The fraction of sp³-hybridized carbons (Fsp3) is 0.0667. The SMILES string of the molecule is c1ccc(OCc2ncc3ccccc3n2)cc1. The number of benzene rings is 2. The summed E-state index contributed by atoms with van der Waals surface area (Å²) in [4.78, 5) is 8.74. The largest absolute Gasteiger partial charge is 0.486 e. The normalized spacial score (nSPS) is 10.4. The van der Waals surface area contributed by atoms with Crippen molar-refractivity contribution < 1.29 is 4.74 Å². The lowest BCUT2D eigenvalue weighted by molar-refractivity contribution is 0.296. The number of ether oxygens (including phenoxy) is 1. The molecular weight excluding hydrogens is 224 g/mol. The number of rotatable bonds is 3. The van der Waals surface area contributed by atoms with Gasteiger partial charge in [0.05, 0.1) is 5.52 Å². The Labute approximate surface area is 105 Å². The van der Waals surface area contributed by atoms with E-state index in [1.807, 2.05) is 60.8 Å². The van der Waals surface area contributed by atoms with Gasteiger partial charge in [0, 0.05) is 11.6 Å². The van der Waals surface area contributed by atoms with E-state index < -0.39 is 0 Å². The summed E-state index contributed by atoms with van der Waals surface area (Å²) in [5.41, 5.74) is 0.944. The Kier molecular flexibility index (Phi) is 2.88. The van der Waals surface area contributed by atoms with Gasteiger partial charge in [-0.2, -0.15) is 0 Å². The Bertz CT molecular complexity index is 653. The molecule has 0 spiro atoms. The molecule has 3 rings (SSSR count). The standard InChI is InChI=1S/C15H12N2O/c1-2-7-13(8-3-1)18-11-15-16-10-12-6-4-5-9-14(12)17-15/h1-10H,11H2. The number of fused-ring (bicyclic) bond motifs is 1. The third kappa shape index (κ3) is 2.30. The molecule has 0 aliphatic heterocycles. The minimum absolute atomic E-state index is 0.384. The van der Waals surface area contributed by atoms with Crippen LogP contribution in [0.3, 0.4) is 0 Å². The summed E-state index contributed by atoms with van der Waals surface area (Å²) in [5.74, 6) is 1.52. The van der Waals surface area contributed by atoms with Gasteiger partial charge in [-0.3, -0.25) is 0 Å². The predicted molar refractivity (Wildman–Crippen MR) is 70.3 cm³/mol. The van der Waals surface area contributed by atoms with Gasteiger partial charge in [0.25, 0.3) is 0 Å². The summed E-state index contributed by atoms with van der Waals surface area (Å²) in [6.45, 7) is 0.384. The molecule has 0 saturated heterocycles. The molecule has 2 aromatic carbocycles. The van der Waals surface area contributed by atoms with Crippen LogP contribution in [0.5, 0.6) is 5.75 Å². The van der Waals surface area contributed by atoms with E-state index in [0.29, 0.717) is 12.4 Å². The maximum atomic E-state index is 5.62. The van der Waals surface area contributed by atoms with Gasteiger partial charge >= 0.3 is 0 Å². The van der Waals surface area contributed by atoms with Crippen molar-refractivity contribution in [2.24, 2.45) is 0 Å². The van der Waals surface area contributed by atoms with Crippen LogP contribution in [-0.4, -0.2) is 9.97 Å². The van der Waals surface area contributed by atoms with E-state index >= 15 is 0 Å². The summed E-state index contributed by atoms with van der Waals surface area (Å²) < 4.78 is 5.62. The molecule has 0 amide bonds. The molecule has 0 unspecified atom stereocenters. The Hall–Kier alpha value is -2.42. The molecule has 1 aromatic heterocycles. The molecule has 0 fully saturated rings. The number of nitrogens with zero attached hydrogens (tertiary/aromatic N) is 2. The first-order valence-corrected chi connectivity index (χ1v) is 5.80. The molecule has 0 radical (unpaired) electrons. The zero-order valence-corrected chi connectivity index (χ0v) is 9.78. The van der Waals surface area contributed by atoms with Gasteiger partial charge in [0.2, 0.25) is 0 Å². The molecule has 3 heteroatoms. The molecule has 3 aromatic rings. The molecule has 18 heavy (non-hydrogen) atoms. The maximum absolute atomic E-state index is 5.62. The topological polar surface area (TPSA) is 35.0 Å². The quantitative estimate of drug-likeness (QED) is 0.700. The van der Waals surface area contributed by atoms with Crippen LogP contribution in [0, 0.1) is 0 Å². The van der Waals surface area contributed by atoms with E-state index in [-0.39, 0.29) is 0 Å². The van der Waals surface area contributed by atoms with Crippen LogP contribution in [0.25, 0.3) is 10.9 Å². The van der Waals surface area contributed by atoms with Crippen molar-refractivity contribution in [2.45, 2.75) is 6.61 Å². The molecule has 0 aliphatic carbocycles. The lowest BCUT2D eigenvalue weighted by Gasteiger charge is -2.05. The highest BCUT2D eigenvalue weighted by Gasteiger charge is 2.00. The van der Waals surface area contributed by atoms with E-state index in [1.165, 1.54) is 0 Å². The molecule has 88 valence electrons. The highest BCUT2D eigenvalue weighted by molar-refractivity contribution is 5.77. The van der Waals surface area contributed by atoms with Gasteiger partial charge < -0.3 is 4.74 Å². The summed E-state index contributed by atoms with van der Waals surface area (Å²) in [6, 6.07) is 17.6. The van der Waals surface area contributed by atoms with Gasteiger partial charge in [-0.1, -0.05) is 36.4 Å². The fourth-order valence-electron chi connectivity index (χ4n) is 1.74. The second kappa shape index (κ2) is 4.84. The van der Waals surface area contributed by atoms with Crippen molar-refractivity contribution in [1.82, 2.24) is 9.97 Å². The molecule has 0 bridgehead atoms. The van der Waals surface area contributed by atoms with Crippen LogP contribution in [0.2, 0.25) is 0 Å². The third-order valence-electron chi connectivity index (χ3n) is 2.65. The zero-order valence-electron chi connectivity index (χ0n) is 9.78. The Morgan fingerprint density at radius 1 is 0.889 bits per heavy atom. The van der Waals surface area contributed by atoms with Crippen LogP contribution in [0.1, 0.15) is 5.82 Å². The number of hydrogen-bond acceptors (Lipinski definition) is 3. The van der Waals surface area contributed by atoms with Crippen LogP contribution in [0.4, 0.5) is 0 Å². The van der Waals surface area contributed by atoms with Crippen molar-refractivity contribution in [1.29, 1.82) is 0 Å². The third-order valence-corrected chi connectivity index (χ3v) is 2.65. The highest BCUT2D eigenvalue weighted by atomic mass is 16.5. The first-order chi connectivity index (χ1) is 8.92. The van der Waals surface area contributed by atoms with E-state index in [2.05, 4.69) is 9.97 Å². The van der Waals surface area contributed by atoms with Crippen molar-refractivity contribution in [3.05, 3.63) is 66.6 Å². The molecule has 1 heterocycles. The summed E-state index contributed by atoms with van der Waals surface area (Å²) >= 11 is 0. The van der Waals surface area contributed by atoms with Gasteiger partial charge in [0.15, 0.2) is 5.82 Å². The lowest BCUT2D eigenvalue weighted by atomic mass is 10.2. The Balaban J connectivity index is 1.79. The van der Waals surface area contributed by atoms with Gasteiger partial charge in [-0.25, -0.2) is 9.97 Å². The van der Waals surface area contributed by atoms with Gasteiger partial charge in [-0.15, -0.1) is 0 Å². The van der Waals surface area contributed by atoms with Crippen LogP contribution < -0.4 is 4.74 Å². The average Bonchev–Trinajstić information content (AvgIpc) is 2.46. The van der Waals surface area contributed by atoms with Crippen molar-refractivity contribution >= 4 is 10.9 Å². The van der Waals surface area contributed by atoms with E-state index in [1.54, 1.807) is 0 Å². The van der Waals surface area contributed by atoms with Gasteiger partial charge in [-0.05, 0) is 18.2 Å². The van der Waals surface area contributed by atoms with Crippen molar-refractivity contribution in [3.63, 3.8) is 0 Å². The molecule has 0 N–H and O–H groups in total. The highest BCUT2D eigenvalue weighted by Crippen LogP contribution is 2.12. The van der Waals surface area contributed by atoms with E-state index in [4.69, 9.17) is 4.74 Å². The maximum Gasteiger partial charge on any atom is 0.166 e. The van der Waals surface area contributed by atoms with Crippen molar-refractivity contribution in [2.75, 3.05) is 0 Å². The lowest BCUT2D eigenvalue weighted by Crippen LogP contribution is -2.01. The van der Waals surface area contributed by atoms with Crippen LogP contribution in [-0.2, 0) is 6.61 Å². The van der Waals surface area contributed by atoms with Crippen LogP contribution in [0.15, 0.2) is 60.8 Å². The minimum atomic E-state index is 0.384. The Morgan fingerprint density at radius 3 is 2.56 bits per heavy atom. The summed E-state index contributed by atoms with van der Waals surface area (Å²) in [6.07, 6.45) is 1.83. The van der Waals surface area contributed by atoms with E-state index in [0.717, 1.165) is 16.7 Å². The second-order valence-electron chi connectivity index (χ2n) is 3.95. The Morgan fingerprint density at radius 2 is 1.67 bits per heavy atom. The minimum Gasteiger partial charge on any atom is -0.486 e. The summed E-state index contributed by atoms with van der Waals surface area (Å²) in [5, 5.41) is 1.04. The predicted octanol–water partition coefficient (Wildman–Crippen LogP) is 3.21. The molecule has 0 saturated carbocycles. The first kappa shape index (κ1) is 10.7. The average molecular weight is 236 g/mol. The molecule has 0 aliphatic rings. The molecule has 3 nitrogen and oxygen atoms in total. The second-order valence-corrected chi connectivity index (χ2v) is 3.95. The van der Waals surface area contributed by atoms with Gasteiger partial charge in [0.1, 0.15) is 12.4 Å². The first-order valence-electron chi connectivity index (χ1n) is 5.80. The number of para-hydroxylation sites is 2.